The van der Waals surface area contributed by atoms with Crippen LogP contribution in [0.2, 0.25) is 0 Å². The quantitative estimate of drug-likeness (QED) is 0.745. The third kappa shape index (κ3) is 5.76. The Hall–Kier alpha value is -1.97. The number of hydrogen-bond acceptors (Lipinski definition) is 6. The zero-order chi connectivity index (χ0) is 20.3. The van der Waals surface area contributed by atoms with Gasteiger partial charge in [0.25, 0.3) is 5.91 Å². The van der Waals surface area contributed by atoms with E-state index in [0.29, 0.717) is 16.4 Å². The molecule has 0 unspecified atom stereocenters. The lowest BCUT2D eigenvalue weighted by atomic mass is 9.99. The van der Waals surface area contributed by atoms with Crippen molar-refractivity contribution in [1.29, 1.82) is 0 Å². The number of likely N-dealkylation sites (tertiary alicyclic amines) is 1. The van der Waals surface area contributed by atoms with Crippen molar-refractivity contribution in [3.63, 3.8) is 0 Å². The van der Waals surface area contributed by atoms with Crippen LogP contribution < -0.4 is 10.0 Å². The lowest BCUT2D eigenvalue weighted by Gasteiger charge is -2.29. The van der Waals surface area contributed by atoms with Crippen molar-refractivity contribution in [3.8, 4) is 0 Å². The maximum atomic E-state index is 12.5. The summed E-state index contributed by atoms with van der Waals surface area (Å²) in [7, 11) is -3.34. The molecule has 1 aromatic carbocycles. The second-order valence-corrected chi connectivity index (χ2v) is 10.2. The molecule has 0 radical (unpaired) electrons. The van der Waals surface area contributed by atoms with Crippen LogP contribution in [0.5, 0.6) is 0 Å². The highest BCUT2D eigenvalue weighted by molar-refractivity contribution is 7.92. The predicted octanol–water partition coefficient (Wildman–Crippen LogP) is 3.31. The molecule has 1 aliphatic rings. The summed E-state index contributed by atoms with van der Waals surface area (Å²) < 4.78 is 24.9. The normalized spacial score (nSPS) is 16.1. The van der Waals surface area contributed by atoms with Gasteiger partial charge in [0.05, 0.1) is 11.9 Å². The highest BCUT2D eigenvalue weighted by Crippen LogP contribution is 2.26. The summed E-state index contributed by atoms with van der Waals surface area (Å²) in [6.07, 6.45) is 3.54. The number of amides is 1. The molecule has 7 nitrogen and oxygen atoms in total. The lowest BCUT2D eigenvalue weighted by Crippen LogP contribution is -2.32. The second-order valence-electron chi connectivity index (χ2n) is 7.39. The minimum absolute atomic E-state index is 0.266. The third-order valence-corrected chi connectivity index (χ3v) is 6.47. The fraction of sp³-hybridized carbons (Fsp3) is 0.474. The van der Waals surface area contributed by atoms with Gasteiger partial charge < -0.3 is 0 Å². The number of aryl methyl sites for hydroxylation is 1. The summed E-state index contributed by atoms with van der Waals surface area (Å²) >= 11 is 1.51. The molecule has 0 aliphatic carbocycles. The van der Waals surface area contributed by atoms with E-state index >= 15 is 0 Å². The molecule has 0 bridgehead atoms. The highest BCUT2D eigenvalue weighted by Gasteiger charge is 2.19. The summed E-state index contributed by atoms with van der Waals surface area (Å²) in [5.41, 5.74) is 1.81. The first kappa shape index (κ1) is 20.8. The van der Waals surface area contributed by atoms with E-state index in [-0.39, 0.29) is 5.91 Å². The van der Waals surface area contributed by atoms with Gasteiger partial charge in [0.15, 0.2) is 5.13 Å². The molecule has 1 amide bonds. The number of benzene rings is 1. The van der Waals surface area contributed by atoms with E-state index in [9.17, 15) is 13.2 Å². The predicted molar refractivity (Wildman–Crippen MR) is 113 cm³/mol. The van der Waals surface area contributed by atoms with Crippen LogP contribution in [-0.2, 0) is 16.6 Å². The van der Waals surface area contributed by atoms with E-state index in [2.05, 4.69) is 26.8 Å². The number of carbonyl (C=O) groups is 1. The van der Waals surface area contributed by atoms with E-state index in [0.717, 1.165) is 37.5 Å². The standard InChI is InChI=1S/C19H26N4O3S2/c1-13-8-10-23(11-9-13)12-17-14(2)20-19(27-17)21-18(24)15-4-6-16(7-5-15)22-28(3,25)26/h4-7,13,22H,8-12H2,1-3H3,(H,20,21,24). The van der Waals surface area contributed by atoms with E-state index in [1.807, 2.05) is 6.92 Å². The Morgan fingerprint density at radius 2 is 1.89 bits per heavy atom. The molecular formula is C19H26N4O3S2. The van der Waals surface area contributed by atoms with Crippen LogP contribution in [0.1, 0.15) is 40.7 Å². The average Bonchev–Trinajstić information content (AvgIpc) is 2.95. The van der Waals surface area contributed by atoms with Crippen LogP contribution in [0.15, 0.2) is 24.3 Å². The monoisotopic (exact) mass is 422 g/mol. The lowest BCUT2D eigenvalue weighted by molar-refractivity contribution is 0.102. The van der Waals surface area contributed by atoms with Gasteiger partial charge in [-0.25, -0.2) is 13.4 Å². The zero-order valence-electron chi connectivity index (χ0n) is 16.4. The molecule has 1 aromatic heterocycles. The van der Waals surface area contributed by atoms with Gasteiger partial charge in [0, 0.05) is 22.7 Å². The Balaban J connectivity index is 1.61. The number of rotatable bonds is 6. The number of thiazole rings is 1. The molecule has 3 rings (SSSR count). The van der Waals surface area contributed by atoms with Crippen molar-refractivity contribution in [2.75, 3.05) is 29.4 Å². The van der Waals surface area contributed by atoms with Gasteiger partial charge in [-0.3, -0.25) is 19.7 Å². The number of piperidine rings is 1. The maximum Gasteiger partial charge on any atom is 0.257 e. The summed E-state index contributed by atoms with van der Waals surface area (Å²) in [6.45, 7) is 7.35. The van der Waals surface area contributed by atoms with Gasteiger partial charge >= 0.3 is 0 Å². The number of nitrogens with zero attached hydrogens (tertiary/aromatic N) is 2. The van der Waals surface area contributed by atoms with Gasteiger partial charge in [-0.15, -0.1) is 11.3 Å². The molecule has 28 heavy (non-hydrogen) atoms. The van der Waals surface area contributed by atoms with Crippen molar-refractivity contribution in [1.82, 2.24) is 9.88 Å². The third-order valence-electron chi connectivity index (χ3n) is 4.81. The van der Waals surface area contributed by atoms with Gasteiger partial charge in [-0.1, -0.05) is 6.92 Å². The first-order valence-corrected chi connectivity index (χ1v) is 12.0. The maximum absolute atomic E-state index is 12.5. The minimum Gasteiger partial charge on any atom is -0.298 e. The first-order chi connectivity index (χ1) is 13.2. The Morgan fingerprint density at radius 3 is 2.50 bits per heavy atom. The summed E-state index contributed by atoms with van der Waals surface area (Å²) in [4.78, 5) is 20.6. The van der Waals surface area contributed by atoms with E-state index in [1.54, 1.807) is 24.3 Å². The molecule has 0 saturated carbocycles. The smallest absolute Gasteiger partial charge is 0.257 e. The Kier molecular flexibility index (Phi) is 6.36. The van der Waals surface area contributed by atoms with Crippen molar-refractivity contribution in [3.05, 3.63) is 40.4 Å². The van der Waals surface area contributed by atoms with Crippen LogP contribution >= 0.6 is 11.3 Å². The molecule has 2 N–H and O–H groups in total. The molecule has 1 fully saturated rings. The number of sulfonamides is 1. The summed E-state index contributed by atoms with van der Waals surface area (Å²) in [5.74, 6) is 0.533. The molecule has 152 valence electrons. The summed E-state index contributed by atoms with van der Waals surface area (Å²) in [5, 5.41) is 3.43. The van der Waals surface area contributed by atoms with Crippen molar-refractivity contribution < 1.29 is 13.2 Å². The minimum atomic E-state index is -3.34. The van der Waals surface area contributed by atoms with Crippen LogP contribution in [0.4, 0.5) is 10.8 Å². The van der Waals surface area contributed by atoms with Crippen molar-refractivity contribution in [2.24, 2.45) is 5.92 Å². The molecule has 9 heteroatoms. The molecule has 1 aliphatic heterocycles. The van der Waals surface area contributed by atoms with Gasteiger partial charge in [-0.2, -0.15) is 0 Å². The fourth-order valence-corrected chi connectivity index (χ4v) is 4.69. The Labute approximate surface area is 170 Å². The zero-order valence-corrected chi connectivity index (χ0v) is 18.0. The van der Waals surface area contributed by atoms with Gasteiger partial charge in [-0.05, 0) is 63.0 Å². The van der Waals surface area contributed by atoms with Gasteiger partial charge in [0.2, 0.25) is 10.0 Å². The number of hydrogen-bond donors (Lipinski definition) is 2. The van der Waals surface area contributed by atoms with Crippen LogP contribution in [0, 0.1) is 12.8 Å². The van der Waals surface area contributed by atoms with Crippen LogP contribution in [0.25, 0.3) is 0 Å². The van der Waals surface area contributed by atoms with Crippen LogP contribution in [-0.4, -0.2) is 43.6 Å². The van der Waals surface area contributed by atoms with E-state index < -0.39 is 10.0 Å². The Bertz CT molecular complexity index is 931. The largest absolute Gasteiger partial charge is 0.298 e. The van der Waals surface area contributed by atoms with Crippen molar-refractivity contribution in [2.45, 2.75) is 33.2 Å². The van der Waals surface area contributed by atoms with Crippen molar-refractivity contribution >= 4 is 38.1 Å². The molecule has 2 aromatic rings. The highest BCUT2D eigenvalue weighted by atomic mass is 32.2. The second kappa shape index (κ2) is 8.59. The fourth-order valence-electron chi connectivity index (χ4n) is 3.12. The van der Waals surface area contributed by atoms with E-state index in [1.165, 1.54) is 29.1 Å². The number of carbonyl (C=O) groups excluding carboxylic acids is 1. The molecular weight excluding hydrogens is 396 g/mol. The summed E-state index contributed by atoms with van der Waals surface area (Å²) in [6, 6.07) is 6.29. The Morgan fingerprint density at radius 1 is 1.25 bits per heavy atom. The topological polar surface area (TPSA) is 91.4 Å². The molecule has 1 saturated heterocycles. The number of nitrogens with one attached hydrogen (secondary N) is 2. The van der Waals surface area contributed by atoms with Gasteiger partial charge in [0.1, 0.15) is 0 Å². The molecule has 2 heterocycles. The van der Waals surface area contributed by atoms with E-state index in [4.69, 9.17) is 0 Å². The SMILES string of the molecule is Cc1nc(NC(=O)c2ccc(NS(C)(=O)=O)cc2)sc1CN1CCC(C)CC1. The number of aromatic nitrogens is 1. The molecule has 0 atom stereocenters. The average molecular weight is 423 g/mol. The first-order valence-electron chi connectivity index (χ1n) is 9.27. The number of anilines is 2. The van der Waals surface area contributed by atoms with Crippen LogP contribution in [0.3, 0.4) is 0 Å². The molecule has 0 spiro atoms.